The standard InChI is InChI=1S/C15H20N6S/c1-11(12(2)21-6-4-5-17-21)16-8-14-10-22-15(19-14)13-7-18-20(3)9-13/h4-7,9-12,16H,8H2,1-3H3/t11-,12+/m1/s1. The van der Waals surface area contributed by atoms with Gasteiger partial charge in [-0.1, -0.05) is 0 Å². The number of nitrogens with zero attached hydrogens (tertiary/aromatic N) is 5. The number of nitrogens with one attached hydrogen (secondary N) is 1. The van der Waals surface area contributed by atoms with Gasteiger partial charge in [-0.05, 0) is 19.9 Å². The van der Waals surface area contributed by atoms with E-state index >= 15 is 0 Å². The van der Waals surface area contributed by atoms with E-state index in [1.165, 1.54) is 0 Å². The van der Waals surface area contributed by atoms with Gasteiger partial charge in [-0.2, -0.15) is 10.2 Å². The summed E-state index contributed by atoms with van der Waals surface area (Å²) in [7, 11) is 1.91. The van der Waals surface area contributed by atoms with E-state index in [1.807, 2.05) is 42.6 Å². The minimum atomic E-state index is 0.298. The van der Waals surface area contributed by atoms with Crippen molar-refractivity contribution in [2.45, 2.75) is 32.5 Å². The topological polar surface area (TPSA) is 60.6 Å². The molecule has 3 aromatic heterocycles. The van der Waals surface area contributed by atoms with E-state index < -0.39 is 0 Å². The van der Waals surface area contributed by atoms with Crippen molar-refractivity contribution in [3.05, 3.63) is 41.9 Å². The highest BCUT2D eigenvalue weighted by molar-refractivity contribution is 7.13. The molecule has 7 heteroatoms. The molecule has 0 saturated heterocycles. The molecule has 3 heterocycles. The fraction of sp³-hybridized carbons (Fsp3) is 0.400. The van der Waals surface area contributed by atoms with Gasteiger partial charge in [0.15, 0.2) is 0 Å². The quantitative estimate of drug-likeness (QED) is 0.759. The zero-order chi connectivity index (χ0) is 15.5. The Bertz CT molecular complexity index is 714. The Balaban J connectivity index is 1.59. The van der Waals surface area contributed by atoms with Crippen LogP contribution >= 0.6 is 11.3 Å². The Morgan fingerprint density at radius 1 is 1.32 bits per heavy atom. The number of aryl methyl sites for hydroxylation is 1. The van der Waals surface area contributed by atoms with Gasteiger partial charge in [0.1, 0.15) is 5.01 Å². The summed E-state index contributed by atoms with van der Waals surface area (Å²) in [6.45, 7) is 5.08. The van der Waals surface area contributed by atoms with Crippen LogP contribution in [0.2, 0.25) is 0 Å². The molecule has 22 heavy (non-hydrogen) atoms. The highest BCUT2D eigenvalue weighted by atomic mass is 32.1. The first-order valence-corrected chi connectivity index (χ1v) is 8.17. The third-order valence-corrected chi connectivity index (χ3v) is 4.71. The van der Waals surface area contributed by atoms with Crippen LogP contribution in [-0.2, 0) is 13.6 Å². The van der Waals surface area contributed by atoms with Crippen LogP contribution < -0.4 is 5.32 Å². The molecule has 0 aromatic carbocycles. The third kappa shape index (κ3) is 3.26. The molecule has 3 aromatic rings. The minimum Gasteiger partial charge on any atom is -0.306 e. The van der Waals surface area contributed by atoms with Gasteiger partial charge in [0.25, 0.3) is 0 Å². The predicted octanol–water partition coefficient (Wildman–Crippen LogP) is 2.48. The molecule has 0 amide bonds. The van der Waals surface area contributed by atoms with Crippen LogP contribution in [0.4, 0.5) is 0 Å². The van der Waals surface area contributed by atoms with Crippen LogP contribution in [0.3, 0.4) is 0 Å². The maximum Gasteiger partial charge on any atom is 0.126 e. The zero-order valence-corrected chi connectivity index (χ0v) is 13.8. The minimum absolute atomic E-state index is 0.298. The van der Waals surface area contributed by atoms with Crippen LogP contribution in [0.1, 0.15) is 25.6 Å². The molecule has 0 radical (unpaired) electrons. The summed E-state index contributed by atoms with van der Waals surface area (Å²) >= 11 is 1.65. The second-order valence-electron chi connectivity index (χ2n) is 5.44. The number of hydrogen-bond acceptors (Lipinski definition) is 5. The van der Waals surface area contributed by atoms with E-state index in [0.717, 1.165) is 22.8 Å². The summed E-state index contributed by atoms with van der Waals surface area (Å²) in [5.41, 5.74) is 2.13. The number of hydrogen-bond donors (Lipinski definition) is 1. The number of rotatable bonds is 6. The number of thiazole rings is 1. The van der Waals surface area contributed by atoms with E-state index in [-0.39, 0.29) is 0 Å². The van der Waals surface area contributed by atoms with Crippen LogP contribution in [0.5, 0.6) is 0 Å². The van der Waals surface area contributed by atoms with Crippen molar-refractivity contribution < 1.29 is 0 Å². The van der Waals surface area contributed by atoms with Gasteiger partial charge in [0, 0.05) is 49.2 Å². The second-order valence-corrected chi connectivity index (χ2v) is 6.30. The smallest absolute Gasteiger partial charge is 0.126 e. The summed E-state index contributed by atoms with van der Waals surface area (Å²) in [4.78, 5) is 4.67. The molecule has 0 saturated carbocycles. The van der Waals surface area contributed by atoms with Gasteiger partial charge in [-0.3, -0.25) is 9.36 Å². The first-order chi connectivity index (χ1) is 10.6. The van der Waals surface area contributed by atoms with Gasteiger partial charge in [-0.25, -0.2) is 4.98 Å². The lowest BCUT2D eigenvalue weighted by atomic mass is 10.2. The van der Waals surface area contributed by atoms with E-state index in [0.29, 0.717) is 12.1 Å². The SMILES string of the molecule is C[C@@H](NCc1csc(-c2cnn(C)c2)n1)[C@H](C)n1cccn1. The van der Waals surface area contributed by atoms with Crippen molar-refractivity contribution >= 4 is 11.3 Å². The van der Waals surface area contributed by atoms with Crippen molar-refractivity contribution in [2.75, 3.05) is 0 Å². The summed E-state index contributed by atoms with van der Waals surface area (Å²) in [6, 6.07) is 2.55. The van der Waals surface area contributed by atoms with Crippen molar-refractivity contribution in [1.29, 1.82) is 0 Å². The normalized spacial score (nSPS) is 14.1. The molecule has 0 aliphatic rings. The van der Waals surface area contributed by atoms with Crippen molar-refractivity contribution in [3.8, 4) is 10.6 Å². The lowest BCUT2D eigenvalue weighted by Gasteiger charge is -2.21. The molecule has 116 valence electrons. The fourth-order valence-electron chi connectivity index (χ4n) is 2.24. The third-order valence-electron chi connectivity index (χ3n) is 3.77. The fourth-order valence-corrected chi connectivity index (χ4v) is 3.03. The Kier molecular flexibility index (Phi) is 4.35. The van der Waals surface area contributed by atoms with Gasteiger partial charge in [0.05, 0.1) is 17.9 Å². The summed E-state index contributed by atoms with van der Waals surface area (Å²) in [5, 5.41) is 15.1. The molecule has 3 rings (SSSR count). The molecule has 0 aliphatic carbocycles. The molecule has 0 fully saturated rings. The molecular weight excluding hydrogens is 296 g/mol. The van der Waals surface area contributed by atoms with Gasteiger partial charge >= 0.3 is 0 Å². The monoisotopic (exact) mass is 316 g/mol. The van der Waals surface area contributed by atoms with Crippen LogP contribution in [0.15, 0.2) is 36.2 Å². The largest absolute Gasteiger partial charge is 0.306 e. The van der Waals surface area contributed by atoms with Gasteiger partial charge in [-0.15, -0.1) is 11.3 Å². The Morgan fingerprint density at radius 2 is 2.18 bits per heavy atom. The van der Waals surface area contributed by atoms with E-state index in [4.69, 9.17) is 0 Å². The molecule has 1 N–H and O–H groups in total. The molecule has 0 bridgehead atoms. The lowest BCUT2D eigenvalue weighted by molar-refractivity contribution is 0.364. The van der Waals surface area contributed by atoms with Crippen molar-refractivity contribution in [3.63, 3.8) is 0 Å². The summed E-state index contributed by atoms with van der Waals surface area (Å²) < 4.78 is 3.77. The zero-order valence-electron chi connectivity index (χ0n) is 13.0. The van der Waals surface area contributed by atoms with Gasteiger partial charge < -0.3 is 5.32 Å². The molecule has 6 nitrogen and oxygen atoms in total. The average molecular weight is 316 g/mol. The molecular formula is C15H20N6S. The lowest BCUT2D eigenvalue weighted by Crippen LogP contribution is -2.33. The van der Waals surface area contributed by atoms with Crippen LogP contribution in [0, 0.1) is 0 Å². The maximum absolute atomic E-state index is 4.67. The number of aromatic nitrogens is 5. The van der Waals surface area contributed by atoms with E-state index in [1.54, 1.807) is 16.0 Å². The van der Waals surface area contributed by atoms with E-state index in [2.05, 4.69) is 39.7 Å². The molecule has 0 spiro atoms. The van der Waals surface area contributed by atoms with Gasteiger partial charge in [0.2, 0.25) is 0 Å². The Hall–Kier alpha value is -1.99. The highest BCUT2D eigenvalue weighted by Gasteiger charge is 2.14. The van der Waals surface area contributed by atoms with Crippen LogP contribution in [0.25, 0.3) is 10.6 Å². The molecule has 0 aliphatic heterocycles. The van der Waals surface area contributed by atoms with Crippen molar-refractivity contribution in [2.24, 2.45) is 7.05 Å². The second kappa shape index (κ2) is 6.41. The summed E-state index contributed by atoms with van der Waals surface area (Å²) in [5.74, 6) is 0. The van der Waals surface area contributed by atoms with Crippen molar-refractivity contribution in [1.82, 2.24) is 29.9 Å². The predicted molar refractivity (Wildman–Crippen MR) is 87.6 cm³/mol. The molecule has 2 atom stereocenters. The molecule has 0 unspecified atom stereocenters. The Labute approximate surface area is 133 Å². The maximum atomic E-state index is 4.67. The average Bonchev–Trinajstić information content (AvgIpc) is 3.24. The highest BCUT2D eigenvalue weighted by Crippen LogP contribution is 2.23. The summed E-state index contributed by atoms with van der Waals surface area (Å²) in [6.07, 6.45) is 7.63. The first-order valence-electron chi connectivity index (χ1n) is 7.29. The van der Waals surface area contributed by atoms with Crippen LogP contribution in [-0.4, -0.2) is 30.6 Å². The first kappa shape index (κ1) is 14.9. The van der Waals surface area contributed by atoms with E-state index in [9.17, 15) is 0 Å². The Morgan fingerprint density at radius 3 is 2.86 bits per heavy atom.